The summed E-state index contributed by atoms with van der Waals surface area (Å²) in [4.78, 5) is 0. The zero-order chi connectivity index (χ0) is 14.0. The second-order valence-corrected chi connectivity index (χ2v) is 5.61. The van der Waals surface area contributed by atoms with Crippen LogP contribution in [0.15, 0.2) is 39.8 Å². The third kappa shape index (κ3) is 3.27. The molecular weight excluding hydrogens is 268 g/mol. The van der Waals surface area contributed by atoms with Crippen molar-refractivity contribution in [3.8, 4) is 5.75 Å². The summed E-state index contributed by atoms with van der Waals surface area (Å²) in [7, 11) is -3.81. The minimum Gasteiger partial charge on any atom is -0.508 e. The van der Waals surface area contributed by atoms with Crippen LogP contribution in [0.2, 0.25) is 0 Å². The maximum absolute atomic E-state index is 11.0. The van der Waals surface area contributed by atoms with Gasteiger partial charge in [0.05, 0.1) is 6.54 Å². The summed E-state index contributed by atoms with van der Waals surface area (Å²) in [5.74, 6) is 0.624. The fourth-order valence-electron chi connectivity index (χ4n) is 1.51. The Morgan fingerprint density at radius 2 is 2.05 bits per heavy atom. The lowest BCUT2D eigenvalue weighted by molar-refractivity contribution is 0.419. The minimum atomic E-state index is -3.81. The number of furan rings is 1. The van der Waals surface area contributed by atoms with Crippen molar-refractivity contribution in [3.63, 3.8) is 0 Å². The molecule has 6 nitrogen and oxygen atoms in total. The number of aromatic hydroxyl groups is 1. The van der Waals surface area contributed by atoms with Gasteiger partial charge in [0.15, 0.2) is 0 Å². The molecular formula is C12H14N2O4S. The Morgan fingerprint density at radius 1 is 1.32 bits per heavy atom. The highest BCUT2D eigenvalue weighted by atomic mass is 32.2. The number of hydrogen-bond acceptors (Lipinski definition) is 5. The van der Waals surface area contributed by atoms with Crippen molar-refractivity contribution in [2.75, 3.05) is 5.32 Å². The van der Waals surface area contributed by atoms with Gasteiger partial charge in [-0.25, -0.2) is 13.6 Å². The van der Waals surface area contributed by atoms with Gasteiger partial charge in [-0.2, -0.15) is 0 Å². The van der Waals surface area contributed by atoms with Crippen molar-refractivity contribution in [2.45, 2.75) is 18.6 Å². The molecule has 2 aromatic rings. The number of phenols is 1. The summed E-state index contributed by atoms with van der Waals surface area (Å²) in [6, 6.07) is 7.99. The van der Waals surface area contributed by atoms with Gasteiger partial charge in [0.2, 0.25) is 5.09 Å². The number of phenolic OH excluding ortho intramolecular Hbond substituents is 1. The van der Waals surface area contributed by atoms with Crippen LogP contribution in [0.1, 0.15) is 11.3 Å². The van der Waals surface area contributed by atoms with Gasteiger partial charge in [-0.3, -0.25) is 0 Å². The van der Waals surface area contributed by atoms with Gasteiger partial charge >= 0.3 is 0 Å². The molecule has 1 aromatic carbocycles. The van der Waals surface area contributed by atoms with Crippen LogP contribution < -0.4 is 10.5 Å². The molecule has 19 heavy (non-hydrogen) atoms. The fourth-order valence-corrected chi connectivity index (χ4v) is 2.00. The van der Waals surface area contributed by atoms with Crippen LogP contribution in [0, 0.1) is 6.92 Å². The molecule has 0 radical (unpaired) electrons. The Morgan fingerprint density at radius 3 is 2.63 bits per heavy atom. The number of nitrogens with one attached hydrogen (secondary N) is 1. The van der Waals surface area contributed by atoms with Crippen molar-refractivity contribution in [1.82, 2.24) is 0 Å². The number of primary sulfonamides is 1. The zero-order valence-electron chi connectivity index (χ0n) is 10.3. The van der Waals surface area contributed by atoms with Gasteiger partial charge in [-0.1, -0.05) is 6.07 Å². The predicted molar refractivity (Wildman–Crippen MR) is 70.3 cm³/mol. The third-order valence-electron chi connectivity index (χ3n) is 2.59. The number of anilines is 1. The van der Waals surface area contributed by atoms with E-state index in [1.165, 1.54) is 12.1 Å². The van der Waals surface area contributed by atoms with Crippen LogP contribution in [0.3, 0.4) is 0 Å². The Kier molecular flexibility index (Phi) is 3.50. The molecule has 4 N–H and O–H groups in total. The average Bonchev–Trinajstić information content (AvgIpc) is 2.79. The van der Waals surface area contributed by atoms with Gasteiger partial charge in [-0.15, -0.1) is 0 Å². The summed E-state index contributed by atoms with van der Waals surface area (Å²) < 4.78 is 27.2. The smallest absolute Gasteiger partial charge is 0.271 e. The van der Waals surface area contributed by atoms with Crippen molar-refractivity contribution in [3.05, 3.63) is 41.7 Å². The van der Waals surface area contributed by atoms with Crippen molar-refractivity contribution < 1.29 is 17.9 Å². The van der Waals surface area contributed by atoms with Crippen molar-refractivity contribution in [2.24, 2.45) is 5.14 Å². The number of hydrogen-bond donors (Lipinski definition) is 3. The molecule has 0 saturated carbocycles. The van der Waals surface area contributed by atoms with Gasteiger partial charge in [0, 0.05) is 11.8 Å². The van der Waals surface area contributed by atoms with Crippen LogP contribution >= 0.6 is 0 Å². The SMILES string of the molecule is Cc1ccc(NCc2ccc(S(N)(=O)=O)o2)cc1O. The van der Waals surface area contributed by atoms with Crippen molar-refractivity contribution >= 4 is 15.7 Å². The van der Waals surface area contributed by atoms with E-state index in [9.17, 15) is 13.5 Å². The summed E-state index contributed by atoms with van der Waals surface area (Å²) >= 11 is 0. The second kappa shape index (κ2) is 4.94. The summed E-state index contributed by atoms with van der Waals surface area (Å²) in [5, 5.41) is 17.2. The third-order valence-corrected chi connectivity index (χ3v) is 3.37. The minimum absolute atomic E-state index is 0.190. The van der Waals surface area contributed by atoms with Crippen LogP contribution in [-0.4, -0.2) is 13.5 Å². The molecule has 102 valence electrons. The lowest BCUT2D eigenvalue weighted by Gasteiger charge is -2.06. The first-order valence-electron chi connectivity index (χ1n) is 5.51. The molecule has 0 amide bonds. The van der Waals surface area contributed by atoms with Gasteiger partial charge < -0.3 is 14.8 Å². The van der Waals surface area contributed by atoms with Crippen LogP contribution in [-0.2, 0) is 16.6 Å². The Labute approximate surface area is 110 Å². The number of rotatable bonds is 4. The van der Waals surface area contributed by atoms with Crippen LogP contribution in [0.4, 0.5) is 5.69 Å². The largest absolute Gasteiger partial charge is 0.508 e. The molecule has 0 spiro atoms. The molecule has 1 aromatic heterocycles. The highest BCUT2D eigenvalue weighted by Gasteiger charge is 2.12. The molecule has 0 fully saturated rings. The molecule has 2 rings (SSSR count). The topological polar surface area (TPSA) is 106 Å². The predicted octanol–water partition coefficient (Wildman–Crippen LogP) is 1.55. The number of sulfonamides is 1. The van der Waals surface area contributed by atoms with E-state index in [4.69, 9.17) is 9.56 Å². The van der Waals surface area contributed by atoms with E-state index >= 15 is 0 Å². The first-order valence-corrected chi connectivity index (χ1v) is 7.06. The molecule has 0 aliphatic carbocycles. The number of nitrogens with two attached hydrogens (primary N) is 1. The zero-order valence-corrected chi connectivity index (χ0v) is 11.1. The van der Waals surface area contributed by atoms with E-state index in [0.717, 1.165) is 5.56 Å². The molecule has 0 aliphatic rings. The van der Waals surface area contributed by atoms with E-state index in [-0.39, 0.29) is 17.4 Å². The summed E-state index contributed by atoms with van der Waals surface area (Å²) in [6.07, 6.45) is 0. The summed E-state index contributed by atoms with van der Waals surface area (Å²) in [6.45, 7) is 2.09. The van der Waals surface area contributed by atoms with Crippen LogP contribution in [0.25, 0.3) is 0 Å². The fraction of sp³-hybridized carbons (Fsp3) is 0.167. The Hall–Kier alpha value is -1.99. The molecule has 0 unspecified atom stereocenters. The van der Waals surface area contributed by atoms with E-state index in [2.05, 4.69) is 5.32 Å². The first kappa shape index (κ1) is 13.4. The molecule has 0 bridgehead atoms. The maximum atomic E-state index is 11.0. The quantitative estimate of drug-likeness (QED) is 0.789. The molecule has 0 saturated heterocycles. The summed E-state index contributed by atoms with van der Waals surface area (Å²) in [5.41, 5.74) is 1.48. The standard InChI is InChI=1S/C12H14N2O4S/c1-8-2-3-9(6-11(8)15)14-7-10-4-5-12(18-10)19(13,16)17/h2-6,14-15H,7H2,1H3,(H2,13,16,17). The highest BCUT2D eigenvalue weighted by molar-refractivity contribution is 7.89. The Bertz CT molecular complexity index is 692. The normalized spacial score (nSPS) is 11.5. The molecule has 1 heterocycles. The van der Waals surface area contributed by atoms with E-state index in [1.54, 1.807) is 25.1 Å². The lowest BCUT2D eigenvalue weighted by Crippen LogP contribution is -2.10. The molecule has 0 atom stereocenters. The van der Waals surface area contributed by atoms with Gasteiger partial charge in [0.1, 0.15) is 11.5 Å². The second-order valence-electron chi connectivity index (χ2n) is 4.12. The van der Waals surface area contributed by atoms with Gasteiger partial charge in [0.25, 0.3) is 10.0 Å². The van der Waals surface area contributed by atoms with E-state index in [1.807, 2.05) is 0 Å². The highest BCUT2D eigenvalue weighted by Crippen LogP contribution is 2.21. The Balaban J connectivity index is 2.06. The molecule has 0 aliphatic heterocycles. The maximum Gasteiger partial charge on any atom is 0.271 e. The molecule has 7 heteroatoms. The monoisotopic (exact) mass is 282 g/mol. The lowest BCUT2D eigenvalue weighted by atomic mass is 10.2. The van der Waals surface area contributed by atoms with E-state index in [0.29, 0.717) is 11.4 Å². The van der Waals surface area contributed by atoms with Gasteiger partial charge in [-0.05, 0) is 30.7 Å². The van der Waals surface area contributed by atoms with E-state index < -0.39 is 10.0 Å². The first-order chi connectivity index (χ1) is 8.86. The van der Waals surface area contributed by atoms with Crippen molar-refractivity contribution in [1.29, 1.82) is 0 Å². The van der Waals surface area contributed by atoms with Crippen LogP contribution in [0.5, 0.6) is 5.75 Å². The average molecular weight is 282 g/mol. The number of benzene rings is 1. The number of aryl methyl sites for hydroxylation is 1.